The number of hydrogen-bond donors (Lipinski definition) is 1. The summed E-state index contributed by atoms with van der Waals surface area (Å²) in [4.78, 5) is 4.35. The summed E-state index contributed by atoms with van der Waals surface area (Å²) in [5.41, 5.74) is 0. The van der Waals surface area contributed by atoms with Gasteiger partial charge in [0.25, 0.3) is 0 Å². The van der Waals surface area contributed by atoms with E-state index in [1.54, 1.807) is 0 Å². The molecular formula is C10H20N2. The highest BCUT2D eigenvalue weighted by Crippen LogP contribution is 1.98. The van der Waals surface area contributed by atoms with Crippen LogP contribution in [0.2, 0.25) is 0 Å². The molecule has 0 radical (unpaired) electrons. The summed E-state index contributed by atoms with van der Waals surface area (Å²) in [7, 11) is 0. The molecule has 1 aliphatic rings. The highest BCUT2D eigenvalue weighted by Gasteiger charge is 1.91. The lowest BCUT2D eigenvalue weighted by molar-refractivity contribution is 0.581. The molecule has 1 aliphatic heterocycles. The zero-order chi connectivity index (χ0) is 8.49. The van der Waals surface area contributed by atoms with Crippen LogP contribution in [0.3, 0.4) is 0 Å². The Labute approximate surface area is 75.5 Å². The summed E-state index contributed by atoms with van der Waals surface area (Å²) in [5.74, 6) is 0. The summed E-state index contributed by atoms with van der Waals surface area (Å²) < 4.78 is 0. The fraction of sp³-hybridized carbons (Fsp3) is 0.900. The largest absolute Gasteiger partial charge is 0.317 e. The topological polar surface area (TPSA) is 24.4 Å². The van der Waals surface area contributed by atoms with Crippen molar-refractivity contribution in [2.24, 2.45) is 4.99 Å². The minimum absolute atomic E-state index is 1.03. The molecule has 0 saturated heterocycles. The Hall–Kier alpha value is -0.370. The lowest BCUT2D eigenvalue weighted by Gasteiger charge is -2.04. The normalized spacial score (nSPS) is 22.7. The molecule has 0 spiro atoms. The van der Waals surface area contributed by atoms with E-state index in [4.69, 9.17) is 0 Å². The van der Waals surface area contributed by atoms with Gasteiger partial charge in [0.2, 0.25) is 0 Å². The van der Waals surface area contributed by atoms with E-state index in [9.17, 15) is 0 Å². The second-order valence-electron chi connectivity index (χ2n) is 3.40. The van der Waals surface area contributed by atoms with Crippen molar-refractivity contribution < 1.29 is 0 Å². The van der Waals surface area contributed by atoms with Crippen molar-refractivity contribution in [3.8, 4) is 0 Å². The molecule has 0 aliphatic carbocycles. The van der Waals surface area contributed by atoms with Gasteiger partial charge in [-0.25, -0.2) is 0 Å². The molecule has 0 bridgehead atoms. The summed E-state index contributed by atoms with van der Waals surface area (Å²) in [5, 5.41) is 3.45. The van der Waals surface area contributed by atoms with Crippen molar-refractivity contribution in [2.75, 3.05) is 19.6 Å². The van der Waals surface area contributed by atoms with Gasteiger partial charge in [0.05, 0.1) is 0 Å². The van der Waals surface area contributed by atoms with Crippen molar-refractivity contribution in [1.82, 2.24) is 5.32 Å². The maximum atomic E-state index is 4.35. The summed E-state index contributed by atoms with van der Waals surface area (Å²) in [6, 6.07) is 0. The third-order valence-corrected chi connectivity index (χ3v) is 2.21. The van der Waals surface area contributed by atoms with Crippen molar-refractivity contribution in [3.63, 3.8) is 0 Å². The van der Waals surface area contributed by atoms with E-state index in [1.807, 2.05) is 0 Å². The van der Waals surface area contributed by atoms with Gasteiger partial charge in [-0.05, 0) is 51.4 Å². The van der Waals surface area contributed by atoms with Crippen molar-refractivity contribution in [2.45, 2.75) is 38.5 Å². The van der Waals surface area contributed by atoms with E-state index in [0.29, 0.717) is 0 Å². The minimum atomic E-state index is 1.03. The molecule has 2 nitrogen and oxygen atoms in total. The van der Waals surface area contributed by atoms with Gasteiger partial charge in [-0.1, -0.05) is 6.42 Å². The van der Waals surface area contributed by atoms with E-state index in [-0.39, 0.29) is 0 Å². The molecule has 0 aromatic rings. The summed E-state index contributed by atoms with van der Waals surface area (Å²) in [6.07, 6.45) is 9.79. The fourth-order valence-electron chi connectivity index (χ4n) is 1.42. The van der Waals surface area contributed by atoms with Gasteiger partial charge in [0, 0.05) is 6.54 Å². The third kappa shape index (κ3) is 5.30. The van der Waals surface area contributed by atoms with Crippen LogP contribution in [0.25, 0.3) is 0 Å². The Morgan fingerprint density at radius 1 is 0.917 bits per heavy atom. The smallest absolute Gasteiger partial charge is 0.0385 e. The Bertz CT molecular complexity index is 107. The molecule has 0 saturated carbocycles. The van der Waals surface area contributed by atoms with Gasteiger partial charge in [-0.2, -0.15) is 0 Å². The lowest BCUT2D eigenvalue weighted by Crippen LogP contribution is -2.17. The number of nitrogens with zero attached hydrogens (tertiary/aromatic N) is 1. The standard InChI is InChI=1S/C10H20N2/c1-2-4-8-12-10-6-5-9-11-7-3-1/h7,12H,1-6,8-10H2. The van der Waals surface area contributed by atoms with E-state index in [1.165, 1.54) is 51.6 Å². The first-order valence-electron chi connectivity index (χ1n) is 5.19. The van der Waals surface area contributed by atoms with Crippen molar-refractivity contribution >= 4 is 6.21 Å². The van der Waals surface area contributed by atoms with Gasteiger partial charge >= 0.3 is 0 Å². The molecule has 12 heavy (non-hydrogen) atoms. The molecule has 0 unspecified atom stereocenters. The first-order chi connectivity index (χ1) is 6.00. The average Bonchev–Trinajstić information content (AvgIpc) is 2.05. The van der Waals surface area contributed by atoms with Crippen LogP contribution in [0, 0.1) is 0 Å². The van der Waals surface area contributed by atoms with E-state index >= 15 is 0 Å². The van der Waals surface area contributed by atoms with E-state index in [2.05, 4.69) is 16.5 Å². The molecule has 0 amide bonds. The van der Waals surface area contributed by atoms with Gasteiger partial charge in [-0.15, -0.1) is 0 Å². The van der Waals surface area contributed by atoms with Crippen LogP contribution in [-0.4, -0.2) is 25.8 Å². The summed E-state index contributed by atoms with van der Waals surface area (Å²) in [6.45, 7) is 3.41. The molecule has 0 aromatic carbocycles. The Morgan fingerprint density at radius 3 is 2.67 bits per heavy atom. The first kappa shape index (κ1) is 9.72. The van der Waals surface area contributed by atoms with Crippen LogP contribution in [0.1, 0.15) is 38.5 Å². The van der Waals surface area contributed by atoms with Gasteiger partial charge in [0.1, 0.15) is 0 Å². The van der Waals surface area contributed by atoms with Crippen LogP contribution in [0.5, 0.6) is 0 Å². The Kier molecular flexibility index (Phi) is 5.90. The van der Waals surface area contributed by atoms with E-state index < -0.39 is 0 Å². The Balaban J connectivity index is 2.10. The monoisotopic (exact) mass is 168 g/mol. The number of rotatable bonds is 0. The average molecular weight is 168 g/mol. The van der Waals surface area contributed by atoms with Crippen molar-refractivity contribution in [1.29, 1.82) is 0 Å². The zero-order valence-electron chi connectivity index (χ0n) is 7.89. The number of aliphatic imine (C=N–C) groups is 1. The highest BCUT2D eigenvalue weighted by molar-refractivity contribution is 5.56. The SMILES string of the molecule is C1=NCCCCNCCCCC1. The number of nitrogens with one attached hydrogen (secondary N) is 1. The lowest BCUT2D eigenvalue weighted by atomic mass is 10.2. The predicted octanol–water partition coefficient (Wildman–Crippen LogP) is 2.00. The van der Waals surface area contributed by atoms with Gasteiger partial charge < -0.3 is 5.32 Å². The van der Waals surface area contributed by atoms with Gasteiger partial charge in [-0.3, -0.25) is 4.99 Å². The second-order valence-corrected chi connectivity index (χ2v) is 3.40. The maximum Gasteiger partial charge on any atom is 0.0385 e. The minimum Gasteiger partial charge on any atom is -0.317 e. The van der Waals surface area contributed by atoms with Crippen molar-refractivity contribution in [3.05, 3.63) is 0 Å². The molecule has 0 fully saturated rings. The predicted molar refractivity (Wildman–Crippen MR) is 53.9 cm³/mol. The van der Waals surface area contributed by atoms with Crippen LogP contribution in [0.4, 0.5) is 0 Å². The fourth-order valence-corrected chi connectivity index (χ4v) is 1.42. The molecule has 1 rings (SSSR count). The van der Waals surface area contributed by atoms with Crippen LogP contribution in [0.15, 0.2) is 4.99 Å². The van der Waals surface area contributed by atoms with Crippen LogP contribution >= 0.6 is 0 Å². The van der Waals surface area contributed by atoms with Gasteiger partial charge in [0.15, 0.2) is 0 Å². The molecule has 0 atom stereocenters. The molecule has 2 heteroatoms. The third-order valence-electron chi connectivity index (χ3n) is 2.21. The first-order valence-corrected chi connectivity index (χ1v) is 5.19. The Morgan fingerprint density at radius 2 is 1.75 bits per heavy atom. The highest BCUT2D eigenvalue weighted by atomic mass is 14.8. The molecule has 0 aromatic heterocycles. The van der Waals surface area contributed by atoms with Crippen LogP contribution < -0.4 is 5.32 Å². The summed E-state index contributed by atoms with van der Waals surface area (Å²) >= 11 is 0. The molecule has 70 valence electrons. The van der Waals surface area contributed by atoms with Crippen LogP contribution in [-0.2, 0) is 0 Å². The zero-order valence-corrected chi connectivity index (χ0v) is 7.89. The quantitative estimate of drug-likeness (QED) is 0.588. The van der Waals surface area contributed by atoms with E-state index in [0.717, 1.165) is 6.54 Å². The number of hydrogen-bond acceptors (Lipinski definition) is 2. The molecule has 1 heterocycles. The molecular weight excluding hydrogens is 148 g/mol. The molecule has 1 N–H and O–H groups in total. The second kappa shape index (κ2) is 7.29. The maximum absolute atomic E-state index is 4.35.